The van der Waals surface area contributed by atoms with Gasteiger partial charge in [-0.15, -0.1) is 0 Å². The Kier molecular flexibility index (Phi) is 2.45. The molecule has 0 unspecified atom stereocenters. The minimum atomic E-state index is 0.125. The fourth-order valence-electron chi connectivity index (χ4n) is 1.87. The number of hydrogen-bond acceptors (Lipinski definition) is 6. The Hall–Kier alpha value is -2.83. The zero-order valence-corrected chi connectivity index (χ0v) is 10.2. The Bertz CT molecular complexity index is 734. The molecule has 0 fully saturated rings. The highest BCUT2D eigenvalue weighted by Crippen LogP contribution is 2.22. The van der Waals surface area contributed by atoms with Gasteiger partial charge < -0.3 is 16.2 Å². The second kappa shape index (κ2) is 4.13. The SMILES string of the molecule is COc1ccc(-n2cnc3c(N)nc(N)nc32)cc1. The molecule has 2 aromatic heterocycles. The van der Waals surface area contributed by atoms with Crippen LogP contribution in [0.1, 0.15) is 0 Å². The first-order valence-corrected chi connectivity index (χ1v) is 5.59. The molecule has 3 rings (SSSR count). The lowest BCUT2D eigenvalue weighted by atomic mass is 10.3. The Labute approximate surface area is 108 Å². The van der Waals surface area contributed by atoms with Gasteiger partial charge in [-0.25, -0.2) is 4.98 Å². The summed E-state index contributed by atoms with van der Waals surface area (Å²) < 4.78 is 6.92. The molecular formula is C12H12N6O. The number of fused-ring (bicyclic) bond motifs is 1. The summed E-state index contributed by atoms with van der Waals surface area (Å²) in [6, 6.07) is 7.51. The summed E-state index contributed by atoms with van der Waals surface area (Å²) in [5, 5.41) is 0. The zero-order chi connectivity index (χ0) is 13.4. The van der Waals surface area contributed by atoms with Crippen LogP contribution in [0.3, 0.4) is 0 Å². The molecule has 0 aliphatic rings. The summed E-state index contributed by atoms with van der Waals surface area (Å²) in [5.41, 5.74) is 13.4. The fourth-order valence-corrected chi connectivity index (χ4v) is 1.87. The van der Waals surface area contributed by atoms with E-state index in [2.05, 4.69) is 15.0 Å². The van der Waals surface area contributed by atoms with Gasteiger partial charge in [0, 0.05) is 5.69 Å². The van der Waals surface area contributed by atoms with Crippen LogP contribution in [-0.4, -0.2) is 26.6 Å². The van der Waals surface area contributed by atoms with Crippen molar-refractivity contribution >= 4 is 22.9 Å². The van der Waals surface area contributed by atoms with Crippen LogP contribution in [0.25, 0.3) is 16.9 Å². The van der Waals surface area contributed by atoms with E-state index in [0.717, 1.165) is 11.4 Å². The van der Waals surface area contributed by atoms with E-state index in [1.165, 1.54) is 0 Å². The smallest absolute Gasteiger partial charge is 0.224 e. The van der Waals surface area contributed by atoms with Gasteiger partial charge >= 0.3 is 0 Å². The third-order valence-electron chi connectivity index (χ3n) is 2.79. The van der Waals surface area contributed by atoms with Gasteiger partial charge in [0.2, 0.25) is 5.95 Å². The van der Waals surface area contributed by atoms with Crippen LogP contribution in [0, 0.1) is 0 Å². The topological polar surface area (TPSA) is 105 Å². The first-order chi connectivity index (χ1) is 9.19. The molecule has 0 aliphatic heterocycles. The minimum absolute atomic E-state index is 0.125. The van der Waals surface area contributed by atoms with Crippen molar-refractivity contribution in [2.45, 2.75) is 0 Å². The van der Waals surface area contributed by atoms with E-state index in [0.29, 0.717) is 11.2 Å². The number of rotatable bonds is 2. The number of aromatic nitrogens is 4. The van der Waals surface area contributed by atoms with Crippen molar-refractivity contribution < 1.29 is 4.74 Å². The second-order valence-electron chi connectivity index (χ2n) is 3.95. The summed E-state index contributed by atoms with van der Waals surface area (Å²) >= 11 is 0. The Morgan fingerprint density at radius 3 is 2.53 bits per heavy atom. The van der Waals surface area contributed by atoms with E-state index in [1.807, 2.05) is 24.3 Å². The van der Waals surface area contributed by atoms with Gasteiger partial charge in [0.1, 0.15) is 12.1 Å². The van der Waals surface area contributed by atoms with Gasteiger partial charge in [-0.1, -0.05) is 0 Å². The molecular weight excluding hydrogens is 244 g/mol. The largest absolute Gasteiger partial charge is 0.497 e. The number of nitrogen functional groups attached to an aromatic ring is 2. The van der Waals surface area contributed by atoms with Crippen molar-refractivity contribution in [3.05, 3.63) is 30.6 Å². The van der Waals surface area contributed by atoms with Gasteiger partial charge in [0.05, 0.1) is 7.11 Å². The molecule has 0 atom stereocenters. The van der Waals surface area contributed by atoms with Crippen molar-refractivity contribution in [3.63, 3.8) is 0 Å². The first kappa shape index (κ1) is 11.3. The van der Waals surface area contributed by atoms with E-state index in [1.54, 1.807) is 18.0 Å². The average Bonchev–Trinajstić information content (AvgIpc) is 2.83. The third-order valence-corrected chi connectivity index (χ3v) is 2.79. The summed E-state index contributed by atoms with van der Waals surface area (Å²) in [4.78, 5) is 12.3. The van der Waals surface area contributed by atoms with Crippen LogP contribution < -0.4 is 16.2 Å². The normalized spacial score (nSPS) is 10.8. The van der Waals surface area contributed by atoms with Crippen LogP contribution >= 0.6 is 0 Å². The summed E-state index contributed by atoms with van der Waals surface area (Å²) in [5.74, 6) is 1.18. The molecule has 0 saturated carbocycles. The van der Waals surface area contributed by atoms with Crippen molar-refractivity contribution in [2.75, 3.05) is 18.6 Å². The highest BCUT2D eigenvalue weighted by Gasteiger charge is 2.11. The van der Waals surface area contributed by atoms with Gasteiger partial charge in [-0.2, -0.15) is 9.97 Å². The maximum Gasteiger partial charge on any atom is 0.224 e. The van der Waals surface area contributed by atoms with Crippen LogP contribution in [0.2, 0.25) is 0 Å². The fraction of sp³-hybridized carbons (Fsp3) is 0.0833. The molecule has 4 N–H and O–H groups in total. The van der Waals surface area contributed by atoms with E-state index < -0.39 is 0 Å². The van der Waals surface area contributed by atoms with Crippen LogP contribution in [0.15, 0.2) is 30.6 Å². The number of hydrogen-bond donors (Lipinski definition) is 2. The molecule has 3 aromatic rings. The standard InChI is InChI=1S/C12H12N6O/c1-19-8-4-2-7(3-5-8)18-6-15-9-10(13)16-12(14)17-11(9)18/h2-6H,1H3,(H4,13,14,16,17). The lowest BCUT2D eigenvalue weighted by Gasteiger charge is -2.05. The van der Waals surface area contributed by atoms with Crippen molar-refractivity contribution in [1.82, 2.24) is 19.5 Å². The number of benzene rings is 1. The molecule has 2 heterocycles. The number of methoxy groups -OCH3 is 1. The number of imidazole rings is 1. The second-order valence-corrected chi connectivity index (χ2v) is 3.95. The number of nitrogens with two attached hydrogens (primary N) is 2. The quantitative estimate of drug-likeness (QED) is 0.708. The average molecular weight is 256 g/mol. The van der Waals surface area contributed by atoms with Crippen LogP contribution in [-0.2, 0) is 0 Å². The monoisotopic (exact) mass is 256 g/mol. The molecule has 7 heteroatoms. The molecule has 0 aliphatic carbocycles. The number of nitrogens with zero attached hydrogens (tertiary/aromatic N) is 4. The Morgan fingerprint density at radius 1 is 1.11 bits per heavy atom. The summed E-state index contributed by atoms with van der Waals surface area (Å²) in [6.45, 7) is 0. The van der Waals surface area contributed by atoms with Gasteiger partial charge in [0.15, 0.2) is 17.0 Å². The van der Waals surface area contributed by atoms with Crippen molar-refractivity contribution in [3.8, 4) is 11.4 Å². The summed E-state index contributed by atoms with van der Waals surface area (Å²) in [7, 11) is 1.62. The van der Waals surface area contributed by atoms with Crippen LogP contribution in [0.4, 0.5) is 11.8 Å². The predicted molar refractivity (Wildman–Crippen MR) is 72.0 cm³/mol. The molecule has 7 nitrogen and oxygen atoms in total. The predicted octanol–water partition coefficient (Wildman–Crippen LogP) is 0.988. The lowest BCUT2D eigenvalue weighted by Crippen LogP contribution is -2.02. The highest BCUT2D eigenvalue weighted by atomic mass is 16.5. The van der Waals surface area contributed by atoms with Crippen LogP contribution in [0.5, 0.6) is 5.75 Å². The number of anilines is 2. The molecule has 1 aromatic carbocycles. The minimum Gasteiger partial charge on any atom is -0.497 e. The van der Waals surface area contributed by atoms with E-state index in [9.17, 15) is 0 Å². The van der Waals surface area contributed by atoms with E-state index >= 15 is 0 Å². The lowest BCUT2D eigenvalue weighted by molar-refractivity contribution is 0.415. The van der Waals surface area contributed by atoms with Gasteiger partial charge in [-0.3, -0.25) is 4.57 Å². The van der Waals surface area contributed by atoms with Crippen molar-refractivity contribution in [1.29, 1.82) is 0 Å². The third kappa shape index (κ3) is 1.81. The zero-order valence-electron chi connectivity index (χ0n) is 10.2. The summed E-state index contributed by atoms with van der Waals surface area (Å²) in [6.07, 6.45) is 1.64. The Balaban J connectivity index is 2.19. The molecule has 0 radical (unpaired) electrons. The van der Waals surface area contributed by atoms with E-state index in [-0.39, 0.29) is 11.8 Å². The Morgan fingerprint density at radius 2 is 1.84 bits per heavy atom. The maximum atomic E-state index is 5.77. The van der Waals surface area contributed by atoms with E-state index in [4.69, 9.17) is 16.2 Å². The maximum absolute atomic E-state index is 5.77. The van der Waals surface area contributed by atoms with Gasteiger partial charge in [0.25, 0.3) is 0 Å². The highest BCUT2D eigenvalue weighted by molar-refractivity contribution is 5.83. The van der Waals surface area contributed by atoms with Crippen molar-refractivity contribution in [2.24, 2.45) is 0 Å². The number of ether oxygens (including phenoxy) is 1. The van der Waals surface area contributed by atoms with Gasteiger partial charge in [-0.05, 0) is 24.3 Å². The molecule has 19 heavy (non-hydrogen) atoms. The molecule has 0 spiro atoms. The molecule has 0 saturated heterocycles. The first-order valence-electron chi connectivity index (χ1n) is 5.59. The molecule has 96 valence electrons. The molecule has 0 bridgehead atoms. The molecule has 0 amide bonds.